The van der Waals surface area contributed by atoms with Gasteiger partial charge < -0.3 is 4.74 Å². The second kappa shape index (κ2) is 15.3. The number of rotatable bonds is 14. The van der Waals surface area contributed by atoms with E-state index in [1.54, 1.807) is 7.11 Å². The van der Waals surface area contributed by atoms with Crippen LogP contribution in [-0.2, 0) is 4.74 Å². The number of halogens is 1. The van der Waals surface area contributed by atoms with Gasteiger partial charge in [-0.05, 0) is 6.42 Å². The predicted octanol–water partition coefficient (Wildman–Crippen LogP) is 5.94. The van der Waals surface area contributed by atoms with E-state index in [1.165, 1.54) is 70.6 Å². The van der Waals surface area contributed by atoms with Gasteiger partial charge in [0.05, 0.1) is 12.0 Å². The minimum Gasteiger partial charge on any atom is -0.383 e. The fourth-order valence-corrected chi connectivity index (χ4v) is 2.57. The fraction of sp³-hybridized carbons (Fsp3) is 1.00. The van der Waals surface area contributed by atoms with Crippen LogP contribution >= 0.6 is 11.6 Å². The molecule has 0 amide bonds. The molecule has 0 saturated carbocycles. The van der Waals surface area contributed by atoms with E-state index in [4.69, 9.17) is 16.3 Å². The lowest BCUT2D eigenvalue weighted by Crippen LogP contribution is -2.06. The van der Waals surface area contributed by atoms with Gasteiger partial charge in [-0.15, -0.1) is 11.6 Å². The first-order chi connectivity index (χ1) is 8.81. The molecule has 0 aliphatic heterocycles. The molecule has 1 nitrogen and oxygen atoms in total. The third-order valence-electron chi connectivity index (χ3n) is 3.47. The number of hydrogen-bond acceptors (Lipinski definition) is 1. The lowest BCUT2D eigenvalue weighted by Gasteiger charge is -2.07. The monoisotopic (exact) mass is 276 g/mol. The first-order valence-corrected chi connectivity index (χ1v) is 8.38. The van der Waals surface area contributed by atoms with Crippen molar-refractivity contribution in [2.45, 2.75) is 89.4 Å². The van der Waals surface area contributed by atoms with Crippen LogP contribution in [0.2, 0.25) is 0 Å². The lowest BCUT2D eigenvalue weighted by atomic mass is 10.0. The molecule has 0 fully saturated rings. The summed E-state index contributed by atoms with van der Waals surface area (Å²) in [7, 11) is 1.72. The van der Waals surface area contributed by atoms with Crippen LogP contribution < -0.4 is 0 Å². The highest BCUT2D eigenvalue weighted by Gasteiger charge is 2.02. The molecule has 1 unspecified atom stereocenters. The van der Waals surface area contributed by atoms with Gasteiger partial charge in [0.15, 0.2) is 0 Å². The summed E-state index contributed by atoms with van der Waals surface area (Å²) in [5.41, 5.74) is 0. The fourth-order valence-electron chi connectivity index (χ4n) is 2.29. The summed E-state index contributed by atoms with van der Waals surface area (Å²) in [6, 6.07) is 0. The molecule has 0 aromatic carbocycles. The van der Waals surface area contributed by atoms with Crippen molar-refractivity contribution in [3.8, 4) is 0 Å². The van der Waals surface area contributed by atoms with Crippen LogP contribution in [0, 0.1) is 0 Å². The molecule has 0 aromatic heterocycles. The quantitative estimate of drug-likeness (QED) is 0.282. The van der Waals surface area contributed by atoms with E-state index in [2.05, 4.69) is 6.92 Å². The Hall–Kier alpha value is 0.250. The minimum atomic E-state index is 0.216. The smallest absolute Gasteiger partial charge is 0.0626 e. The highest BCUT2D eigenvalue weighted by molar-refractivity contribution is 6.20. The standard InChI is InChI=1S/C16H33ClO/c1-3-4-5-6-7-8-9-10-11-12-13-14-16(17)15-18-2/h16H,3-15H2,1-2H3. The number of unbranched alkanes of at least 4 members (excludes halogenated alkanes) is 10. The van der Waals surface area contributed by atoms with E-state index in [1.807, 2.05) is 0 Å². The number of hydrogen-bond donors (Lipinski definition) is 0. The van der Waals surface area contributed by atoms with Gasteiger partial charge in [0.2, 0.25) is 0 Å². The molecule has 0 aliphatic carbocycles. The van der Waals surface area contributed by atoms with Crippen molar-refractivity contribution in [1.82, 2.24) is 0 Å². The van der Waals surface area contributed by atoms with Gasteiger partial charge in [0, 0.05) is 7.11 Å². The van der Waals surface area contributed by atoms with E-state index in [9.17, 15) is 0 Å². The molecule has 0 N–H and O–H groups in total. The largest absolute Gasteiger partial charge is 0.383 e. The zero-order chi connectivity index (χ0) is 13.5. The average molecular weight is 277 g/mol. The van der Waals surface area contributed by atoms with Crippen molar-refractivity contribution < 1.29 is 4.74 Å². The number of ether oxygens (including phenoxy) is 1. The molecular weight excluding hydrogens is 244 g/mol. The molecular formula is C16H33ClO. The van der Waals surface area contributed by atoms with Crippen LogP contribution in [0.4, 0.5) is 0 Å². The summed E-state index contributed by atoms with van der Waals surface area (Å²) < 4.78 is 5.02. The van der Waals surface area contributed by atoms with Gasteiger partial charge in [0.25, 0.3) is 0 Å². The maximum Gasteiger partial charge on any atom is 0.0626 e. The van der Waals surface area contributed by atoms with Crippen LogP contribution in [0.15, 0.2) is 0 Å². The van der Waals surface area contributed by atoms with Crippen molar-refractivity contribution in [2.24, 2.45) is 0 Å². The summed E-state index contributed by atoms with van der Waals surface area (Å²) in [4.78, 5) is 0. The highest BCUT2D eigenvalue weighted by atomic mass is 35.5. The summed E-state index contributed by atoms with van der Waals surface area (Å²) in [5.74, 6) is 0. The maximum absolute atomic E-state index is 6.08. The zero-order valence-electron chi connectivity index (χ0n) is 12.6. The second-order valence-corrected chi connectivity index (χ2v) is 5.99. The second-order valence-electron chi connectivity index (χ2n) is 5.38. The molecule has 2 heteroatoms. The third-order valence-corrected chi connectivity index (χ3v) is 3.81. The van der Waals surface area contributed by atoms with E-state index in [0.717, 1.165) is 6.42 Å². The molecule has 0 aliphatic rings. The van der Waals surface area contributed by atoms with Gasteiger partial charge in [-0.2, -0.15) is 0 Å². The Morgan fingerprint density at radius 2 is 1.22 bits per heavy atom. The first-order valence-electron chi connectivity index (χ1n) is 7.94. The normalized spacial score (nSPS) is 12.8. The van der Waals surface area contributed by atoms with Gasteiger partial charge in [-0.3, -0.25) is 0 Å². The van der Waals surface area contributed by atoms with E-state index >= 15 is 0 Å². The van der Waals surface area contributed by atoms with Crippen molar-refractivity contribution in [1.29, 1.82) is 0 Å². The Morgan fingerprint density at radius 3 is 1.67 bits per heavy atom. The van der Waals surface area contributed by atoms with Gasteiger partial charge in [-0.1, -0.05) is 77.6 Å². The van der Waals surface area contributed by atoms with Gasteiger partial charge in [-0.25, -0.2) is 0 Å². The average Bonchev–Trinajstić information content (AvgIpc) is 2.36. The first kappa shape index (κ1) is 18.2. The molecule has 0 spiro atoms. The van der Waals surface area contributed by atoms with Crippen LogP contribution in [0.1, 0.15) is 84.0 Å². The van der Waals surface area contributed by atoms with E-state index in [-0.39, 0.29) is 5.38 Å². The van der Waals surface area contributed by atoms with Crippen LogP contribution in [-0.4, -0.2) is 19.1 Å². The Bertz CT molecular complexity index is 150. The maximum atomic E-state index is 6.08. The Labute approximate surface area is 120 Å². The Balaban J connectivity index is 2.98. The predicted molar refractivity (Wildman–Crippen MR) is 82.6 cm³/mol. The minimum absolute atomic E-state index is 0.216. The summed E-state index contributed by atoms with van der Waals surface area (Å²) >= 11 is 6.08. The van der Waals surface area contributed by atoms with Crippen molar-refractivity contribution in [2.75, 3.05) is 13.7 Å². The van der Waals surface area contributed by atoms with E-state index < -0.39 is 0 Å². The molecule has 1 atom stereocenters. The molecule has 110 valence electrons. The topological polar surface area (TPSA) is 9.23 Å². The van der Waals surface area contributed by atoms with Gasteiger partial charge in [0.1, 0.15) is 0 Å². The highest BCUT2D eigenvalue weighted by Crippen LogP contribution is 2.14. The molecule has 0 heterocycles. The van der Waals surface area contributed by atoms with E-state index in [0.29, 0.717) is 6.61 Å². The lowest BCUT2D eigenvalue weighted by molar-refractivity contribution is 0.194. The van der Waals surface area contributed by atoms with Crippen molar-refractivity contribution in [3.63, 3.8) is 0 Å². The third kappa shape index (κ3) is 14.3. The van der Waals surface area contributed by atoms with Crippen molar-refractivity contribution in [3.05, 3.63) is 0 Å². The zero-order valence-corrected chi connectivity index (χ0v) is 13.3. The van der Waals surface area contributed by atoms with Crippen LogP contribution in [0.25, 0.3) is 0 Å². The molecule has 0 saturated heterocycles. The molecule has 0 radical (unpaired) electrons. The van der Waals surface area contributed by atoms with Crippen LogP contribution in [0.3, 0.4) is 0 Å². The number of methoxy groups -OCH3 is 1. The summed E-state index contributed by atoms with van der Waals surface area (Å²) in [5, 5.41) is 0.216. The summed E-state index contributed by atoms with van der Waals surface area (Å²) in [6.45, 7) is 2.97. The van der Waals surface area contributed by atoms with Crippen molar-refractivity contribution >= 4 is 11.6 Å². The number of alkyl halides is 1. The molecule has 0 rings (SSSR count). The summed E-state index contributed by atoms with van der Waals surface area (Å²) in [6.07, 6.45) is 16.4. The SMILES string of the molecule is CCCCCCCCCCCCCC(Cl)COC. The molecule has 18 heavy (non-hydrogen) atoms. The molecule has 0 aromatic rings. The molecule has 0 bridgehead atoms. The Kier molecular flexibility index (Phi) is 15.5. The van der Waals surface area contributed by atoms with Crippen LogP contribution in [0.5, 0.6) is 0 Å². The van der Waals surface area contributed by atoms with Gasteiger partial charge >= 0.3 is 0 Å². The Morgan fingerprint density at radius 1 is 0.778 bits per heavy atom.